The highest BCUT2D eigenvalue weighted by Crippen LogP contribution is 2.24. The summed E-state index contributed by atoms with van der Waals surface area (Å²) in [5.41, 5.74) is 2.90. The number of amides is 1. The molecule has 0 saturated carbocycles. The number of para-hydroxylation sites is 2. The fourth-order valence-electron chi connectivity index (χ4n) is 4.21. The van der Waals surface area contributed by atoms with Gasteiger partial charge in [0.25, 0.3) is 5.91 Å². The average Bonchev–Trinajstić information content (AvgIpc) is 3.19. The molecule has 2 aromatic carbocycles. The quantitative estimate of drug-likeness (QED) is 0.552. The lowest BCUT2D eigenvalue weighted by molar-refractivity contribution is 0.0926. The van der Waals surface area contributed by atoms with E-state index in [1.165, 1.54) is 11.6 Å². The van der Waals surface area contributed by atoms with Crippen LogP contribution in [0.1, 0.15) is 15.9 Å². The lowest BCUT2D eigenvalue weighted by Gasteiger charge is -2.20. The molecule has 0 unspecified atom stereocenters. The molecule has 6 heteroatoms. The lowest BCUT2D eigenvalue weighted by atomic mass is 9.93. The average molecular weight is 399 g/mol. The van der Waals surface area contributed by atoms with E-state index in [0.29, 0.717) is 24.3 Å². The van der Waals surface area contributed by atoms with Crippen LogP contribution in [-0.4, -0.2) is 35.1 Å². The van der Waals surface area contributed by atoms with Gasteiger partial charge in [0.15, 0.2) is 0 Å². The van der Waals surface area contributed by atoms with Gasteiger partial charge in [0.1, 0.15) is 0 Å². The summed E-state index contributed by atoms with van der Waals surface area (Å²) in [6, 6.07) is 18.7. The van der Waals surface area contributed by atoms with Crippen LogP contribution in [0.4, 0.5) is 0 Å². The molecule has 1 fully saturated rings. The number of nitrogens with zero attached hydrogens (tertiary/aromatic N) is 1. The van der Waals surface area contributed by atoms with Crippen molar-refractivity contribution in [1.29, 1.82) is 0 Å². The molecule has 0 aliphatic carbocycles. The summed E-state index contributed by atoms with van der Waals surface area (Å²) in [5.74, 6) is -0.106. The van der Waals surface area contributed by atoms with Crippen LogP contribution in [0, 0.1) is 5.92 Å². The molecule has 4 aromatic rings. The first kappa shape index (κ1) is 18.5. The largest absolute Gasteiger partial charge is 0.379 e. The highest BCUT2D eigenvalue weighted by Gasteiger charge is 2.30. The number of nitrogens with one attached hydrogen (secondary N) is 2. The van der Waals surface area contributed by atoms with Crippen molar-refractivity contribution in [3.63, 3.8) is 0 Å². The highest BCUT2D eigenvalue weighted by atomic mass is 16.5. The number of benzene rings is 2. The number of hydrogen-bond donors (Lipinski definition) is 2. The Morgan fingerprint density at radius 1 is 1.07 bits per heavy atom. The second-order valence-corrected chi connectivity index (χ2v) is 7.66. The summed E-state index contributed by atoms with van der Waals surface area (Å²) >= 11 is 0. The van der Waals surface area contributed by atoms with Gasteiger partial charge in [0.05, 0.1) is 30.3 Å². The molecule has 1 aliphatic rings. The Bertz CT molecular complexity index is 1290. The minimum atomic E-state index is -0.290. The van der Waals surface area contributed by atoms with E-state index in [1.54, 1.807) is 6.07 Å². The fraction of sp³-hybridized carbons (Fsp3) is 0.208. The number of ether oxygens (including phenoxy) is 1. The van der Waals surface area contributed by atoms with Crippen molar-refractivity contribution < 1.29 is 9.53 Å². The lowest BCUT2D eigenvalue weighted by Crippen LogP contribution is -2.41. The molecule has 1 amide bonds. The van der Waals surface area contributed by atoms with Crippen molar-refractivity contribution in [1.82, 2.24) is 15.3 Å². The van der Waals surface area contributed by atoms with Crippen LogP contribution in [0.2, 0.25) is 0 Å². The van der Waals surface area contributed by atoms with Gasteiger partial charge in [-0.1, -0.05) is 36.4 Å². The van der Waals surface area contributed by atoms with Gasteiger partial charge in [-0.3, -0.25) is 14.6 Å². The number of aromatic amines is 1. The molecule has 6 nitrogen and oxygen atoms in total. The number of carbonyl (C=O) groups is 1. The van der Waals surface area contributed by atoms with E-state index in [4.69, 9.17) is 4.74 Å². The second-order valence-electron chi connectivity index (χ2n) is 7.66. The van der Waals surface area contributed by atoms with E-state index in [-0.39, 0.29) is 23.4 Å². The fourth-order valence-corrected chi connectivity index (χ4v) is 4.21. The zero-order chi connectivity index (χ0) is 20.5. The summed E-state index contributed by atoms with van der Waals surface area (Å²) in [6.07, 6.45) is 2.60. The maximum atomic E-state index is 13.0. The summed E-state index contributed by atoms with van der Waals surface area (Å²) in [4.78, 5) is 32.3. The molecule has 3 heterocycles. The van der Waals surface area contributed by atoms with E-state index >= 15 is 0 Å². The van der Waals surface area contributed by atoms with E-state index in [0.717, 1.165) is 22.7 Å². The SMILES string of the molecule is O=C(N[C@H]1COC[C@H]1Cc1ccnc2ccccc12)c1cc(=O)[nH]c2ccccc12. The number of carbonyl (C=O) groups excluding carboxylic acids is 1. The first-order valence-corrected chi connectivity index (χ1v) is 10.0. The van der Waals surface area contributed by atoms with E-state index in [2.05, 4.69) is 21.4 Å². The van der Waals surface area contributed by atoms with Crippen LogP contribution < -0.4 is 10.9 Å². The Labute approximate surface area is 172 Å². The van der Waals surface area contributed by atoms with Crippen LogP contribution in [0.5, 0.6) is 0 Å². The number of aromatic nitrogens is 2. The van der Waals surface area contributed by atoms with Crippen molar-refractivity contribution in [3.05, 3.63) is 88.3 Å². The van der Waals surface area contributed by atoms with E-state index in [9.17, 15) is 9.59 Å². The Morgan fingerprint density at radius 3 is 2.77 bits per heavy atom. The van der Waals surface area contributed by atoms with Gasteiger partial charge in [-0.15, -0.1) is 0 Å². The van der Waals surface area contributed by atoms with Crippen molar-refractivity contribution >= 4 is 27.7 Å². The van der Waals surface area contributed by atoms with E-state index < -0.39 is 0 Å². The van der Waals surface area contributed by atoms with Crippen molar-refractivity contribution in [2.24, 2.45) is 5.92 Å². The third-order valence-electron chi connectivity index (χ3n) is 5.73. The molecular weight excluding hydrogens is 378 g/mol. The summed E-state index contributed by atoms with van der Waals surface area (Å²) in [5, 5.41) is 4.95. The molecule has 0 bridgehead atoms. The third-order valence-corrected chi connectivity index (χ3v) is 5.73. The van der Waals surface area contributed by atoms with Crippen LogP contribution in [-0.2, 0) is 11.2 Å². The summed E-state index contributed by atoms with van der Waals surface area (Å²) < 4.78 is 5.70. The molecule has 0 radical (unpaired) electrons. The normalized spacial score (nSPS) is 18.7. The molecule has 1 aliphatic heterocycles. The monoisotopic (exact) mass is 399 g/mol. The molecular formula is C24H21N3O3. The van der Waals surface area contributed by atoms with Gasteiger partial charge in [0, 0.05) is 34.5 Å². The predicted molar refractivity (Wildman–Crippen MR) is 116 cm³/mol. The molecule has 0 spiro atoms. The summed E-state index contributed by atoms with van der Waals surface area (Å²) in [6.45, 7) is 1.04. The summed E-state index contributed by atoms with van der Waals surface area (Å²) in [7, 11) is 0. The zero-order valence-corrected chi connectivity index (χ0v) is 16.3. The van der Waals surface area contributed by atoms with Crippen LogP contribution >= 0.6 is 0 Å². The molecule has 2 atom stereocenters. The molecule has 5 rings (SSSR count). The molecule has 2 aromatic heterocycles. The van der Waals surface area contributed by atoms with Crippen LogP contribution in [0.15, 0.2) is 71.7 Å². The van der Waals surface area contributed by atoms with Gasteiger partial charge >= 0.3 is 0 Å². The van der Waals surface area contributed by atoms with Crippen molar-refractivity contribution in [2.75, 3.05) is 13.2 Å². The number of fused-ring (bicyclic) bond motifs is 2. The Balaban J connectivity index is 1.40. The maximum absolute atomic E-state index is 13.0. The molecule has 150 valence electrons. The minimum Gasteiger partial charge on any atom is -0.379 e. The zero-order valence-electron chi connectivity index (χ0n) is 16.3. The van der Waals surface area contributed by atoms with Gasteiger partial charge in [-0.25, -0.2) is 0 Å². The minimum absolute atomic E-state index is 0.123. The Kier molecular flexibility index (Phi) is 4.77. The van der Waals surface area contributed by atoms with Gasteiger partial charge in [-0.05, 0) is 30.2 Å². The van der Waals surface area contributed by atoms with Crippen LogP contribution in [0.3, 0.4) is 0 Å². The van der Waals surface area contributed by atoms with Gasteiger partial charge < -0.3 is 15.0 Å². The number of hydrogen-bond acceptors (Lipinski definition) is 4. The molecule has 30 heavy (non-hydrogen) atoms. The van der Waals surface area contributed by atoms with Crippen molar-refractivity contribution in [3.8, 4) is 0 Å². The van der Waals surface area contributed by atoms with Gasteiger partial charge in [0.2, 0.25) is 5.56 Å². The molecule has 2 N–H and O–H groups in total. The first-order chi connectivity index (χ1) is 14.7. The number of pyridine rings is 2. The van der Waals surface area contributed by atoms with E-state index in [1.807, 2.05) is 48.7 Å². The third kappa shape index (κ3) is 3.46. The predicted octanol–water partition coefficient (Wildman–Crippen LogP) is 3.06. The first-order valence-electron chi connectivity index (χ1n) is 10.0. The maximum Gasteiger partial charge on any atom is 0.252 e. The molecule has 1 saturated heterocycles. The smallest absolute Gasteiger partial charge is 0.252 e. The standard InChI is InChI=1S/C24H21N3O3/c28-23-12-19(18-6-2-4-8-21(18)26-23)24(29)27-22-14-30-13-16(22)11-15-9-10-25-20-7-3-1-5-17(15)20/h1-10,12,16,22H,11,13-14H2,(H,26,28)(H,27,29)/t16-,22+/m1/s1. The van der Waals surface area contributed by atoms with Crippen molar-refractivity contribution in [2.45, 2.75) is 12.5 Å². The number of rotatable bonds is 4. The topological polar surface area (TPSA) is 84.1 Å². The highest BCUT2D eigenvalue weighted by molar-refractivity contribution is 6.06. The Morgan fingerprint density at radius 2 is 1.87 bits per heavy atom. The Hall–Kier alpha value is -3.51. The second kappa shape index (κ2) is 7.72. The van der Waals surface area contributed by atoms with Crippen LogP contribution in [0.25, 0.3) is 21.8 Å². The van der Waals surface area contributed by atoms with Gasteiger partial charge in [-0.2, -0.15) is 0 Å². The number of H-pyrrole nitrogens is 1.